The Balaban J connectivity index is 3.31. The highest BCUT2D eigenvalue weighted by molar-refractivity contribution is 6.77. The molecule has 0 aliphatic heterocycles. The van der Waals surface area contributed by atoms with Gasteiger partial charge in [0.2, 0.25) is 0 Å². The number of Topliss-reactive ketones (excluding diaryl/α,β-unsaturated/α-hetero) is 2. The van der Waals surface area contributed by atoms with Gasteiger partial charge in [-0.1, -0.05) is 34.8 Å². The van der Waals surface area contributed by atoms with Crippen LogP contribution in [0.1, 0.15) is 27.8 Å². The lowest BCUT2D eigenvalue weighted by Gasteiger charge is -2.04. The summed E-state index contributed by atoms with van der Waals surface area (Å²) in [5.41, 5.74) is -0.547. The molecule has 1 N–H and O–H groups in total. The first-order chi connectivity index (χ1) is 7.64. The fourth-order valence-electron chi connectivity index (χ4n) is 1.13. The van der Waals surface area contributed by atoms with Crippen LogP contribution in [0.5, 0.6) is 0 Å². The summed E-state index contributed by atoms with van der Waals surface area (Å²) in [5, 5.41) is 10.6. The van der Waals surface area contributed by atoms with E-state index < -0.39 is 26.1 Å². The summed E-state index contributed by atoms with van der Waals surface area (Å²) >= 11 is 16.0. The van der Waals surface area contributed by atoms with Gasteiger partial charge in [0.05, 0.1) is 0 Å². The molecule has 0 radical (unpaired) electrons. The van der Waals surface area contributed by atoms with Crippen molar-refractivity contribution in [2.75, 3.05) is 0 Å². The lowest BCUT2D eigenvalue weighted by molar-refractivity contribution is -0.389. The maximum atomic E-state index is 11.5. The van der Waals surface area contributed by atoms with Crippen LogP contribution in [0, 0.1) is 10.1 Å². The maximum Gasteiger partial charge on any atom is 0.332 e. The number of halogens is 3. The highest BCUT2D eigenvalue weighted by Crippen LogP contribution is 2.32. The van der Waals surface area contributed by atoms with Gasteiger partial charge in [0.25, 0.3) is 9.58 Å². The number of nitrogens with one attached hydrogen (secondary N) is 1. The number of carbonyl (C=O) groups excluding carboxylic acids is 2. The van der Waals surface area contributed by atoms with Crippen molar-refractivity contribution in [2.45, 2.75) is 10.7 Å². The molecule has 0 aromatic carbocycles. The number of hydrogen-bond acceptors (Lipinski definition) is 4. The summed E-state index contributed by atoms with van der Waals surface area (Å²) in [6.45, 7) is 1.12. The Morgan fingerprint density at radius 3 is 2.24 bits per heavy atom. The zero-order valence-electron chi connectivity index (χ0n) is 8.29. The molecule has 0 saturated carbocycles. The van der Waals surface area contributed by atoms with Crippen molar-refractivity contribution >= 4 is 52.2 Å². The summed E-state index contributed by atoms with van der Waals surface area (Å²) in [4.78, 5) is 34.6. The first-order valence-corrected chi connectivity index (χ1v) is 5.28. The van der Waals surface area contributed by atoms with E-state index in [-0.39, 0.29) is 11.3 Å². The quantitative estimate of drug-likeness (QED) is 0.402. The Hall–Kier alpha value is -1.11. The maximum absolute atomic E-state index is 11.5. The highest BCUT2D eigenvalue weighted by atomic mass is 35.6. The van der Waals surface area contributed by atoms with Gasteiger partial charge < -0.3 is 10.1 Å². The molecule has 9 heteroatoms. The second kappa shape index (κ2) is 4.64. The fourth-order valence-corrected chi connectivity index (χ4v) is 1.44. The highest BCUT2D eigenvalue weighted by Gasteiger charge is 2.36. The van der Waals surface area contributed by atoms with Gasteiger partial charge in [0.1, 0.15) is 5.56 Å². The Kier molecular flexibility index (Phi) is 3.81. The molecule has 92 valence electrons. The number of carbonyl (C=O) groups is 2. The Morgan fingerprint density at radius 1 is 1.41 bits per heavy atom. The van der Waals surface area contributed by atoms with Gasteiger partial charge in [-0.15, -0.1) is 0 Å². The van der Waals surface area contributed by atoms with E-state index in [1.165, 1.54) is 0 Å². The number of ketones is 2. The molecular weight excluding hydrogens is 294 g/mol. The topological polar surface area (TPSA) is 93.1 Å². The Labute approximate surface area is 110 Å². The van der Waals surface area contributed by atoms with E-state index in [0.717, 1.165) is 13.0 Å². The molecule has 0 unspecified atom stereocenters. The standard InChI is InChI=1S/C8H5Cl3N2O4/c1-3(14)4-2-5(6(15)8(9,10)11)12-7(4)13(16)17/h2,12H,1H3. The second-order valence-corrected chi connectivity index (χ2v) is 5.37. The SMILES string of the molecule is CC(=O)c1cc(C(=O)C(Cl)(Cl)Cl)[nH]c1[N+](=O)[O-]. The first kappa shape index (κ1) is 14.0. The summed E-state index contributed by atoms with van der Waals surface area (Å²) in [6.07, 6.45) is 0. The van der Waals surface area contributed by atoms with Crippen LogP contribution in [0.25, 0.3) is 0 Å². The van der Waals surface area contributed by atoms with Crippen LogP contribution in [0.15, 0.2) is 6.07 Å². The summed E-state index contributed by atoms with van der Waals surface area (Å²) in [7, 11) is 0. The molecule has 1 heterocycles. The monoisotopic (exact) mass is 298 g/mol. The Bertz CT molecular complexity index is 472. The van der Waals surface area contributed by atoms with Crippen LogP contribution >= 0.6 is 34.8 Å². The average molecular weight is 299 g/mol. The third-order valence-electron chi connectivity index (χ3n) is 1.86. The molecule has 6 nitrogen and oxygen atoms in total. The second-order valence-electron chi connectivity index (χ2n) is 3.09. The first-order valence-electron chi connectivity index (χ1n) is 4.14. The van der Waals surface area contributed by atoms with Gasteiger partial charge in [-0.25, -0.2) is 4.98 Å². The van der Waals surface area contributed by atoms with Gasteiger partial charge in [-0.3, -0.25) is 9.59 Å². The van der Waals surface area contributed by atoms with E-state index in [1.54, 1.807) is 0 Å². The van der Waals surface area contributed by atoms with Crippen LogP contribution in [0.2, 0.25) is 0 Å². The molecule has 0 aliphatic rings. The van der Waals surface area contributed by atoms with Crippen molar-refractivity contribution in [3.05, 3.63) is 27.4 Å². The minimum absolute atomic E-state index is 0.243. The van der Waals surface area contributed by atoms with Crippen LogP contribution in [-0.4, -0.2) is 25.3 Å². The van der Waals surface area contributed by atoms with E-state index >= 15 is 0 Å². The predicted molar refractivity (Wildman–Crippen MR) is 62.1 cm³/mol. The number of aromatic amines is 1. The average Bonchev–Trinajstić information content (AvgIpc) is 2.59. The molecule has 0 bridgehead atoms. The van der Waals surface area contributed by atoms with Crippen LogP contribution in [0.3, 0.4) is 0 Å². The van der Waals surface area contributed by atoms with E-state index in [4.69, 9.17) is 34.8 Å². The van der Waals surface area contributed by atoms with Crippen LogP contribution in [-0.2, 0) is 0 Å². The van der Waals surface area contributed by atoms with Gasteiger partial charge >= 0.3 is 5.82 Å². The molecule has 1 rings (SSSR count). The summed E-state index contributed by atoms with van der Waals surface area (Å²) in [6, 6.07) is 0.991. The number of rotatable bonds is 3. The van der Waals surface area contributed by atoms with Gasteiger partial charge in [0.15, 0.2) is 11.5 Å². The van der Waals surface area contributed by atoms with Crippen molar-refractivity contribution in [1.82, 2.24) is 4.98 Å². The molecule has 0 amide bonds. The third kappa shape index (κ3) is 2.96. The van der Waals surface area contributed by atoms with Crippen molar-refractivity contribution in [2.24, 2.45) is 0 Å². The molecule has 0 saturated heterocycles. The van der Waals surface area contributed by atoms with Crippen molar-refractivity contribution in [3.8, 4) is 0 Å². The number of alkyl halides is 3. The summed E-state index contributed by atoms with van der Waals surface area (Å²) < 4.78 is -2.24. The van der Waals surface area contributed by atoms with Crippen molar-refractivity contribution < 1.29 is 14.5 Å². The van der Waals surface area contributed by atoms with Crippen molar-refractivity contribution in [1.29, 1.82) is 0 Å². The Morgan fingerprint density at radius 2 is 1.94 bits per heavy atom. The molecule has 0 atom stereocenters. The molecule has 0 aliphatic carbocycles. The third-order valence-corrected chi connectivity index (χ3v) is 2.38. The minimum Gasteiger partial charge on any atom is -0.358 e. The van der Waals surface area contributed by atoms with E-state index in [0.29, 0.717) is 0 Å². The van der Waals surface area contributed by atoms with Gasteiger partial charge in [-0.2, -0.15) is 0 Å². The summed E-state index contributed by atoms with van der Waals surface area (Å²) in [5.74, 6) is -2.15. The normalized spacial score (nSPS) is 11.3. The molecule has 1 aromatic heterocycles. The molecule has 0 fully saturated rings. The van der Waals surface area contributed by atoms with Crippen molar-refractivity contribution in [3.63, 3.8) is 0 Å². The van der Waals surface area contributed by atoms with Gasteiger partial charge in [-0.05, 0) is 11.8 Å². The number of hydrogen-bond donors (Lipinski definition) is 1. The zero-order valence-corrected chi connectivity index (χ0v) is 10.6. The molecular formula is C8H5Cl3N2O4. The number of nitrogens with zero attached hydrogens (tertiary/aromatic N) is 1. The predicted octanol–water partition coefficient (Wildman–Crippen LogP) is 2.68. The number of nitro groups is 1. The number of aromatic nitrogens is 1. The van der Waals surface area contributed by atoms with Crippen LogP contribution < -0.4 is 0 Å². The van der Waals surface area contributed by atoms with Gasteiger partial charge in [0, 0.05) is 6.07 Å². The zero-order chi connectivity index (χ0) is 13.4. The molecule has 0 spiro atoms. The van der Waals surface area contributed by atoms with Crippen LogP contribution in [0.4, 0.5) is 5.82 Å². The lowest BCUT2D eigenvalue weighted by Crippen LogP contribution is -2.19. The lowest BCUT2D eigenvalue weighted by atomic mass is 10.2. The minimum atomic E-state index is -2.24. The van der Waals surface area contributed by atoms with E-state index in [2.05, 4.69) is 4.98 Å². The number of H-pyrrole nitrogens is 1. The van der Waals surface area contributed by atoms with E-state index in [1.807, 2.05) is 0 Å². The smallest absolute Gasteiger partial charge is 0.332 e. The van der Waals surface area contributed by atoms with E-state index in [9.17, 15) is 19.7 Å². The molecule has 1 aromatic rings. The fraction of sp³-hybridized carbons (Fsp3) is 0.250. The largest absolute Gasteiger partial charge is 0.358 e. The molecule has 17 heavy (non-hydrogen) atoms.